The van der Waals surface area contributed by atoms with E-state index in [2.05, 4.69) is 134 Å². The molecule has 0 saturated carbocycles. The molecule has 254 valence electrons. The van der Waals surface area contributed by atoms with E-state index in [1.165, 1.54) is 38.8 Å². The van der Waals surface area contributed by atoms with E-state index in [1.54, 1.807) is 0 Å². The van der Waals surface area contributed by atoms with Gasteiger partial charge in [0.2, 0.25) is 0 Å². The fourth-order valence-corrected chi connectivity index (χ4v) is 8.23. The molecule has 10 aromatic rings. The molecule has 5 aromatic heterocycles. The minimum atomic E-state index is 0.732. The summed E-state index contributed by atoms with van der Waals surface area (Å²) < 4.78 is 11.1. The van der Waals surface area contributed by atoms with Crippen LogP contribution in [-0.2, 0) is 0 Å². The minimum Gasteiger partial charge on any atom is -0.457 e. The highest BCUT2D eigenvalue weighted by molar-refractivity contribution is 6.12. The van der Waals surface area contributed by atoms with Gasteiger partial charge in [-0.1, -0.05) is 60.7 Å². The van der Waals surface area contributed by atoms with Crippen molar-refractivity contribution in [2.75, 3.05) is 0 Å². The predicted molar refractivity (Wildman–Crippen MR) is 216 cm³/mol. The van der Waals surface area contributed by atoms with Crippen molar-refractivity contribution in [1.29, 1.82) is 0 Å². The van der Waals surface area contributed by atoms with Crippen molar-refractivity contribution in [1.82, 2.24) is 23.9 Å². The molecule has 5 heterocycles. The number of rotatable bonds is 5. The summed E-state index contributed by atoms with van der Waals surface area (Å²) in [6.45, 7) is 8.63. The fraction of sp³-hybridized carbons (Fsp3) is 0.0851. The summed E-state index contributed by atoms with van der Waals surface area (Å²) in [5.41, 5.74) is 13.0. The second-order valence-electron chi connectivity index (χ2n) is 13.9. The van der Waals surface area contributed by atoms with Crippen LogP contribution in [-0.4, -0.2) is 23.9 Å². The molecule has 0 saturated heterocycles. The molecule has 10 rings (SSSR count). The van der Waals surface area contributed by atoms with E-state index < -0.39 is 0 Å². The van der Waals surface area contributed by atoms with Crippen molar-refractivity contribution >= 4 is 49.3 Å². The molecule has 0 fully saturated rings. The van der Waals surface area contributed by atoms with E-state index in [0.717, 1.165) is 72.6 Å². The third-order valence-corrected chi connectivity index (χ3v) is 10.6. The molecule has 5 aromatic carbocycles. The Kier molecular flexibility index (Phi) is 6.95. The van der Waals surface area contributed by atoms with Crippen LogP contribution in [0.3, 0.4) is 0 Å². The molecule has 0 aliphatic rings. The summed E-state index contributed by atoms with van der Waals surface area (Å²) in [7, 11) is 0. The normalized spacial score (nSPS) is 11.8. The quantitative estimate of drug-likeness (QED) is 0.169. The van der Waals surface area contributed by atoms with Crippen LogP contribution in [0.1, 0.15) is 22.3 Å². The number of pyridine rings is 3. The summed E-state index contributed by atoms with van der Waals surface area (Å²) in [5, 5.41) is 5.45. The zero-order chi connectivity index (χ0) is 35.8. The number of benzene rings is 5. The molecule has 0 bridgehead atoms. The Hall–Kier alpha value is -6.79. The Balaban J connectivity index is 1.18. The Labute approximate surface area is 306 Å². The number of aryl methyl sites for hydroxylation is 4. The number of hydrogen-bond acceptors (Lipinski definition) is 4. The van der Waals surface area contributed by atoms with Gasteiger partial charge >= 0.3 is 0 Å². The van der Waals surface area contributed by atoms with Gasteiger partial charge in [0.25, 0.3) is 0 Å². The highest BCUT2D eigenvalue weighted by Crippen LogP contribution is 2.39. The molecular weight excluding hydrogens is 651 g/mol. The molecule has 0 amide bonds. The maximum absolute atomic E-state index is 6.69. The van der Waals surface area contributed by atoms with Crippen LogP contribution in [0, 0.1) is 27.7 Å². The van der Waals surface area contributed by atoms with Crippen LogP contribution in [0.2, 0.25) is 0 Å². The van der Waals surface area contributed by atoms with Gasteiger partial charge in [0.1, 0.15) is 28.6 Å². The van der Waals surface area contributed by atoms with Crippen molar-refractivity contribution in [3.8, 4) is 39.8 Å². The summed E-state index contributed by atoms with van der Waals surface area (Å²) in [4.78, 5) is 15.2. The zero-order valence-electron chi connectivity index (χ0n) is 29.9. The minimum absolute atomic E-state index is 0.732. The smallest absolute Gasteiger partial charge is 0.147 e. The van der Waals surface area contributed by atoms with E-state index in [1.807, 2.05) is 42.7 Å². The van der Waals surface area contributed by atoms with Crippen molar-refractivity contribution in [3.05, 3.63) is 162 Å². The molecule has 6 nitrogen and oxygen atoms in total. The second-order valence-corrected chi connectivity index (χ2v) is 13.9. The summed E-state index contributed by atoms with van der Waals surface area (Å²) >= 11 is 0. The molecule has 0 atom stereocenters. The van der Waals surface area contributed by atoms with E-state index in [-0.39, 0.29) is 0 Å². The zero-order valence-corrected chi connectivity index (χ0v) is 29.9. The van der Waals surface area contributed by atoms with E-state index in [4.69, 9.17) is 19.7 Å². The summed E-state index contributed by atoms with van der Waals surface area (Å²) in [5.74, 6) is 2.34. The lowest BCUT2D eigenvalue weighted by atomic mass is 9.98. The largest absolute Gasteiger partial charge is 0.457 e. The first kappa shape index (κ1) is 31.0. The number of fused-ring (bicyclic) bond motifs is 9. The average Bonchev–Trinajstić information content (AvgIpc) is 3.75. The summed E-state index contributed by atoms with van der Waals surface area (Å²) in [6.07, 6.45) is 3.83. The second kappa shape index (κ2) is 11.9. The van der Waals surface area contributed by atoms with Gasteiger partial charge in [-0.3, -0.25) is 8.97 Å². The van der Waals surface area contributed by atoms with Crippen molar-refractivity contribution in [2.24, 2.45) is 0 Å². The van der Waals surface area contributed by atoms with Gasteiger partial charge in [-0.2, -0.15) is 0 Å². The van der Waals surface area contributed by atoms with E-state index in [9.17, 15) is 0 Å². The van der Waals surface area contributed by atoms with Crippen LogP contribution in [0.4, 0.5) is 0 Å². The van der Waals surface area contributed by atoms with Gasteiger partial charge < -0.3 is 4.74 Å². The Morgan fingerprint density at radius 2 is 1.15 bits per heavy atom. The van der Waals surface area contributed by atoms with Crippen LogP contribution in [0.15, 0.2) is 140 Å². The lowest BCUT2D eigenvalue weighted by molar-refractivity contribution is 0.484. The van der Waals surface area contributed by atoms with Gasteiger partial charge in [-0.05, 0) is 116 Å². The number of hydrogen-bond donors (Lipinski definition) is 0. The Morgan fingerprint density at radius 3 is 1.91 bits per heavy atom. The predicted octanol–water partition coefficient (Wildman–Crippen LogP) is 11.9. The number of aromatic nitrogens is 5. The molecule has 6 heteroatoms. The van der Waals surface area contributed by atoms with Crippen molar-refractivity contribution < 1.29 is 4.74 Å². The number of imidazole rings is 1. The van der Waals surface area contributed by atoms with Gasteiger partial charge in [-0.25, -0.2) is 15.0 Å². The molecule has 53 heavy (non-hydrogen) atoms. The molecule has 0 aliphatic heterocycles. The monoisotopic (exact) mass is 685 g/mol. The van der Waals surface area contributed by atoms with Gasteiger partial charge in [0.05, 0.1) is 28.6 Å². The molecule has 0 spiro atoms. The average molecular weight is 686 g/mol. The molecule has 0 unspecified atom stereocenters. The first-order chi connectivity index (χ1) is 25.9. The topological polar surface area (TPSA) is 57.2 Å². The lowest BCUT2D eigenvalue weighted by Gasteiger charge is -2.16. The Morgan fingerprint density at radius 1 is 0.491 bits per heavy atom. The SMILES string of the molecule is Cc1cccc(C)c1-c1ccc2c3ccc(Oc4ccc5c6ccccc6n(-c6ccccn6)c5c4)cc3c3ncc(-c4c(C)cccc4C)n3c2n1. The van der Waals surface area contributed by atoms with Crippen LogP contribution < -0.4 is 4.74 Å². The standard InChI is InChI=1S/C47H35N5O/c1-28-11-9-12-29(2)44(28)39-23-22-37-34-20-18-32(25-38(34)46-49-27-42(52(46)47(37)50-39)45-30(3)13-10-14-31(45)4)53-33-19-21-36-35-15-5-6-16-40(35)51(41(36)26-33)43-17-7-8-24-48-43/h5-27H,1-4H3. The van der Waals surface area contributed by atoms with Gasteiger partial charge in [0.15, 0.2) is 0 Å². The Bertz CT molecular complexity index is 3040. The highest BCUT2D eigenvalue weighted by Gasteiger charge is 2.20. The van der Waals surface area contributed by atoms with E-state index >= 15 is 0 Å². The van der Waals surface area contributed by atoms with Crippen molar-refractivity contribution in [2.45, 2.75) is 27.7 Å². The van der Waals surface area contributed by atoms with Crippen LogP contribution >= 0.6 is 0 Å². The number of ether oxygens (including phenoxy) is 1. The van der Waals surface area contributed by atoms with Crippen LogP contribution in [0.5, 0.6) is 11.5 Å². The van der Waals surface area contributed by atoms with Crippen molar-refractivity contribution in [3.63, 3.8) is 0 Å². The first-order valence-electron chi connectivity index (χ1n) is 17.9. The third kappa shape index (κ3) is 4.83. The highest BCUT2D eigenvalue weighted by atomic mass is 16.5. The lowest BCUT2D eigenvalue weighted by Crippen LogP contribution is -2.00. The van der Waals surface area contributed by atoms with Gasteiger partial charge in [0, 0.05) is 44.9 Å². The maximum atomic E-state index is 6.69. The number of para-hydroxylation sites is 1. The van der Waals surface area contributed by atoms with Gasteiger partial charge in [-0.15, -0.1) is 0 Å². The molecular formula is C47H35N5O. The first-order valence-corrected chi connectivity index (χ1v) is 17.9. The fourth-order valence-electron chi connectivity index (χ4n) is 8.23. The molecule has 0 N–H and O–H groups in total. The molecule has 0 radical (unpaired) electrons. The van der Waals surface area contributed by atoms with E-state index in [0.29, 0.717) is 0 Å². The molecule has 0 aliphatic carbocycles. The van der Waals surface area contributed by atoms with Crippen LogP contribution in [0.25, 0.3) is 77.6 Å². The number of nitrogens with zero attached hydrogens (tertiary/aromatic N) is 5. The maximum Gasteiger partial charge on any atom is 0.147 e. The summed E-state index contributed by atoms with van der Waals surface area (Å²) in [6, 6.07) is 44.3. The third-order valence-electron chi connectivity index (χ3n) is 10.6.